The summed E-state index contributed by atoms with van der Waals surface area (Å²) < 4.78 is 0. The predicted octanol–water partition coefficient (Wildman–Crippen LogP) is -3.46. The van der Waals surface area contributed by atoms with Gasteiger partial charge in [-0.15, -0.1) is 0 Å². The van der Waals surface area contributed by atoms with Crippen molar-refractivity contribution in [1.29, 1.82) is 0 Å². The summed E-state index contributed by atoms with van der Waals surface area (Å²) in [6.07, 6.45) is 1.66. The summed E-state index contributed by atoms with van der Waals surface area (Å²) in [6.45, 7) is 3.53. The summed E-state index contributed by atoms with van der Waals surface area (Å²) in [5.74, 6) is -6.39. The van der Waals surface area contributed by atoms with E-state index < -0.39 is 89.6 Å². The van der Waals surface area contributed by atoms with E-state index in [0.717, 1.165) is 0 Å². The average molecular weight is 817 g/mol. The van der Waals surface area contributed by atoms with Crippen LogP contribution in [0, 0.1) is 0 Å². The van der Waals surface area contributed by atoms with Crippen molar-refractivity contribution < 1.29 is 43.5 Å². The van der Waals surface area contributed by atoms with E-state index in [1.54, 1.807) is 30.3 Å². The van der Waals surface area contributed by atoms with Gasteiger partial charge in [0.05, 0.1) is 6.04 Å². The number of guanidine groups is 1. The highest BCUT2D eigenvalue weighted by atomic mass is 16.4. The van der Waals surface area contributed by atoms with Crippen LogP contribution in [0.5, 0.6) is 0 Å². The van der Waals surface area contributed by atoms with Crippen molar-refractivity contribution in [2.75, 3.05) is 19.6 Å². The van der Waals surface area contributed by atoms with E-state index in [9.17, 15) is 43.5 Å². The molecule has 21 nitrogen and oxygen atoms in total. The Balaban J connectivity index is 2.25. The summed E-state index contributed by atoms with van der Waals surface area (Å²) >= 11 is 0. The average Bonchev–Trinajstić information content (AvgIpc) is 3.67. The highest BCUT2D eigenvalue weighted by molar-refractivity contribution is 5.97. The molecule has 0 saturated carbocycles. The molecule has 16 N–H and O–H groups in total. The first-order valence-electron chi connectivity index (χ1n) is 19.3. The van der Waals surface area contributed by atoms with Gasteiger partial charge in [-0.3, -0.25) is 38.6 Å². The summed E-state index contributed by atoms with van der Waals surface area (Å²) in [5, 5.41) is 22.4. The van der Waals surface area contributed by atoms with Crippen molar-refractivity contribution in [2.45, 2.75) is 120 Å². The molecule has 1 heterocycles. The lowest BCUT2D eigenvalue weighted by atomic mass is 10.0. The Morgan fingerprint density at radius 1 is 0.776 bits per heavy atom. The van der Waals surface area contributed by atoms with Gasteiger partial charge in [0.2, 0.25) is 41.4 Å². The molecule has 21 heteroatoms. The highest BCUT2D eigenvalue weighted by Gasteiger charge is 2.39. The van der Waals surface area contributed by atoms with Gasteiger partial charge in [-0.05, 0) is 77.3 Å². The van der Waals surface area contributed by atoms with Gasteiger partial charge < -0.3 is 65.3 Å². The molecular formula is C37H60N12O9. The molecule has 1 aromatic carbocycles. The molecule has 1 fully saturated rings. The van der Waals surface area contributed by atoms with Crippen LogP contribution in [0.3, 0.4) is 0 Å². The molecule has 0 unspecified atom stereocenters. The molecule has 1 aliphatic heterocycles. The normalized spacial score (nSPS) is 16.6. The molecule has 0 aliphatic carbocycles. The number of rotatable bonds is 25. The minimum absolute atomic E-state index is 0.00431. The Morgan fingerprint density at radius 2 is 1.40 bits per heavy atom. The largest absolute Gasteiger partial charge is 0.480 e. The van der Waals surface area contributed by atoms with Crippen LogP contribution in [0.4, 0.5) is 0 Å². The number of nitrogens with zero attached hydrogens (tertiary/aromatic N) is 2. The van der Waals surface area contributed by atoms with E-state index >= 15 is 0 Å². The Hall–Kier alpha value is -5.83. The number of likely N-dealkylation sites (tertiary alicyclic amines) is 1. The summed E-state index contributed by atoms with van der Waals surface area (Å²) in [5.41, 5.74) is 28.0. The number of unbranched alkanes of at least 4 members (excludes halogenated alkanes) is 1. The number of benzene rings is 1. The first kappa shape index (κ1) is 48.3. The maximum absolute atomic E-state index is 13.9. The summed E-state index contributed by atoms with van der Waals surface area (Å²) in [7, 11) is 0. The molecule has 0 spiro atoms. The second-order valence-electron chi connectivity index (χ2n) is 14.2. The summed E-state index contributed by atoms with van der Waals surface area (Å²) in [6, 6.07) is 0.599. The van der Waals surface area contributed by atoms with Gasteiger partial charge in [0.1, 0.15) is 36.3 Å². The third-order valence-electron chi connectivity index (χ3n) is 9.35. The Bertz CT molecular complexity index is 1610. The fraction of sp³-hybridized carbons (Fsp3) is 0.595. The number of carboxylic acid groups (broad SMARTS) is 1. The molecule has 1 aromatic rings. The van der Waals surface area contributed by atoms with E-state index in [0.29, 0.717) is 37.8 Å². The molecule has 322 valence electrons. The zero-order chi connectivity index (χ0) is 43.4. The molecule has 7 atom stereocenters. The van der Waals surface area contributed by atoms with Gasteiger partial charge in [0, 0.05) is 25.9 Å². The van der Waals surface area contributed by atoms with Gasteiger partial charge >= 0.3 is 5.97 Å². The number of carbonyl (C=O) groups excluding carboxylic acids is 7. The minimum Gasteiger partial charge on any atom is -0.480 e. The van der Waals surface area contributed by atoms with Crippen LogP contribution in [0.25, 0.3) is 0 Å². The van der Waals surface area contributed by atoms with Crippen LogP contribution >= 0.6 is 0 Å². The van der Waals surface area contributed by atoms with Gasteiger partial charge in [-0.25, -0.2) is 4.79 Å². The number of primary amides is 1. The monoisotopic (exact) mass is 816 g/mol. The number of aliphatic imine (C=N–C) groups is 1. The van der Waals surface area contributed by atoms with Gasteiger partial charge in [-0.2, -0.15) is 0 Å². The third-order valence-corrected chi connectivity index (χ3v) is 9.35. The fourth-order valence-electron chi connectivity index (χ4n) is 6.15. The van der Waals surface area contributed by atoms with Crippen LogP contribution in [-0.4, -0.2) is 125 Å². The van der Waals surface area contributed by atoms with Gasteiger partial charge in [-0.1, -0.05) is 30.3 Å². The first-order valence-corrected chi connectivity index (χ1v) is 19.3. The molecule has 0 bridgehead atoms. The van der Waals surface area contributed by atoms with E-state index in [4.69, 9.17) is 28.7 Å². The Kier molecular flexibility index (Phi) is 20.6. The quantitative estimate of drug-likeness (QED) is 0.0260. The Labute approximate surface area is 337 Å². The number of hydrogen-bond acceptors (Lipinski definition) is 11. The molecular weight excluding hydrogens is 756 g/mol. The first-order chi connectivity index (χ1) is 27.4. The maximum atomic E-state index is 13.9. The van der Waals surface area contributed by atoms with Crippen molar-refractivity contribution in [3.8, 4) is 0 Å². The van der Waals surface area contributed by atoms with Crippen LogP contribution in [0.15, 0.2) is 35.3 Å². The number of aliphatic carboxylic acids is 1. The van der Waals surface area contributed by atoms with E-state index in [1.807, 2.05) is 0 Å². The number of amides is 7. The molecule has 1 aliphatic rings. The van der Waals surface area contributed by atoms with Gasteiger partial charge in [0.15, 0.2) is 5.96 Å². The number of nitrogens with two attached hydrogens (primary N) is 5. The van der Waals surface area contributed by atoms with Crippen molar-refractivity contribution in [2.24, 2.45) is 33.7 Å². The van der Waals surface area contributed by atoms with Crippen molar-refractivity contribution in [1.82, 2.24) is 31.5 Å². The van der Waals surface area contributed by atoms with E-state index in [2.05, 4.69) is 31.6 Å². The van der Waals surface area contributed by atoms with Crippen LogP contribution in [-0.2, 0) is 44.8 Å². The minimum atomic E-state index is -1.38. The van der Waals surface area contributed by atoms with Gasteiger partial charge in [0.25, 0.3) is 0 Å². The van der Waals surface area contributed by atoms with E-state index in [1.165, 1.54) is 18.7 Å². The number of carboxylic acids is 1. The lowest BCUT2D eigenvalue weighted by Gasteiger charge is -2.30. The molecule has 7 amide bonds. The molecule has 0 aromatic heterocycles. The zero-order valence-corrected chi connectivity index (χ0v) is 33.1. The highest BCUT2D eigenvalue weighted by Crippen LogP contribution is 2.20. The third kappa shape index (κ3) is 16.7. The molecule has 58 heavy (non-hydrogen) atoms. The van der Waals surface area contributed by atoms with Crippen LogP contribution in [0.1, 0.15) is 77.2 Å². The van der Waals surface area contributed by atoms with Crippen LogP contribution < -0.4 is 55.3 Å². The number of nitrogens with one attached hydrogen (secondary N) is 5. The van der Waals surface area contributed by atoms with Crippen LogP contribution in [0.2, 0.25) is 0 Å². The molecule has 2 rings (SSSR count). The molecule has 0 radical (unpaired) electrons. The smallest absolute Gasteiger partial charge is 0.326 e. The number of hydrogen-bond donors (Lipinski definition) is 11. The predicted molar refractivity (Wildman–Crippen MR) is 213 cm³/mol. The second-order valence-corrected chi connectivity index (χ2v) is 14.2. The standard InChI is InChI=1S/C37H60N12O9/c1-21(39)30(51)46-25(13-8-18-43-37(41)42)35(56)49-19-9-14-28(49)34(55)48-27(20-23-10-4-3-5-11-23)33(54)44-22(2)31(52)45-24(15-16-29(40)50)32(53)47-26(36(57)58)12-6-7-17-38/h3-5,10-11,21-22,24-28H,6-9,12-20,38-39H2,1-2H3,(H2,40,50)(H,44,54)(H,45,52)(H,46,51)(H,47,53)(H,48,55)(H,57,58)(H4,41,42,43)/t21-,22-,24-,25-,26-,27-,28+/m0/s1. The van der Waals surface area contributed by atoms with Crippen molar-refractivity contribution in [3.63, 3.8) is 0 Å². The Morgan fingerprint density at radius 3 is 2.00 bits per heavy atom. The zero-order valence-electron chi connectivity index (χ0n) is 33.1. The maximum Gasteiger partial charge on any atom is 0.326 e. The van der Waals surface area contributed by atoms with Crippen molar-refractivity contribution in [3.05, 3.63) is 35.9 Å². The topological polar surface area (TPSA) is 363 Å². The van der Waals surface area contributed by atoms with E-state index in [-0.39, 0.29) is 57.6 Å². The summed E-state index contributed by atoms with van der Waals surface area (Å²) in [4.78, 5) is 109. The van der Waals surface area contributed by atoms with Crippen molar-refractivity contribution >= 4 is 53.3 Å². The fourth-order valence-corrected chi connectivity index (χ4v) is 6.15. The number of carbonyl (C=O) groups is 8. The SMILES string of the molecule is C[C@H](N)C(=O)N[C@@H](CCCN=C(N)N)C(=O)N1CCC[C@@H]1C(=O)N[C@@H](Cc1ccccc1)C(=O)N[C@@H](C)C(=O)N[C@@H](CCC(N)=O)C(=O)N[C@@H](CCCCN)C(=O)O. The second kappa shape index (κ2) is 24.7. The molecule has 1 saturated heterocycles. The lowest BCUT2D eigenvalue weighted by Crippen LogP contribution is -2.59. The lowest BCUT2D eigenvalue weighted by molar-refractivity contribution is -0.143.